The van der Waals surface area contributed by atoms with E-state index in [1.165, 1.54) is 18.0 Å². The van der Waals surface area contributed by atoms with E-state index in [0.717, 1.165) is 5.56 Å². The van der Waals surface area contributed by atoms with Gasteiger partial charge >= 0.3 is 0 Å². The summed E-state index contributed by atoms with van der Waals surface area (Å²) in [6.07, 6.45) is 3.51. The van der Waals surface area contributed by atoms with Gasteiger partial charge in [0.05, 0.1) is 17.8 Å². The molecular formula is C18H21ClN4O3S. The number of hydrogen-bond donors (Lipinski definition) is 2. The second kappa shape index (κ2) is 10.9. The van der Waals surface area contributed by atoms with Crippen LogP contribution in [0.4, 0.5) is 0 Å². The molecule has 2 aromatic rings. The quantitative estimate of drug-likeness (QED) is 0.374. The van der Waals surface area contributed by atoms with Gasteiger partial charge in [0.1, 0.15) is 6.04 Å². The average Bonchev–Trinajstić information content (AvgIpc) is 2.68. The standard InChI is InChI=1S/C18H21ClN4O3S/c1-26-9-8-20-16(24)14(10-12-6-4-3-5-7-12)22-17(25)15-13(19)11-21-18(23-15)27-2/h3-7,11,14H,8-10H2,1-2H3,(H,20,24)(H,22,25)/t14-/m0/s1. The van der Waals surface area contributed by atoms with Gasteiger partial charge in [-0.3, -0.25) is 9.59 Å². The van der Waals surface area contributed by atoms with Crippen LogP contribution in [0.1, 0.15) is 16.1 Å². The summed E-state index contributed by atoms with van der Waals surface area (Å²) < 4.78 is 4.94. The van der Waals surface area contributed by atoms with Crippen molar-refractivity contribution in [3.63, 3.8) is 0 Å². The van der Waals surface area contributed by atoms with Crippen molar-refractivity contribution >= 4 is 35.2 Å². The minimum absolute atomic E-state index is 0.0405. The van der Waals surface area contributed by atoms with Gasteiger partial charge in [-0.2, -0.15) is 0 Å². The first kappa shape index (κ1) is 21.1. The molecule has 0 saturated carbocycles. The third-order valence-corrected chi connectivity index (χ3v) is 4.47. The largest absolute Gasteiger partial charge is 0.383 e. The molecule has 144 valence electrons. The van der Waals surface area contributed by atoms with Gasteiger partial charge in [-0.25, -0.2) is 9.97 Å². The average molecular weight is 409 g/mol. The summed E-state index contributed by atoms with van der Waals surface area (Å²) in [6.45, 7) is 0.730. The topological polar surface area (TPSA) is 93.2 Å². The number of halogens is 1. The fraction of sp³-hybridized carbons (Fsp3) is 0.333. The van der Waals surface area contributed by atoms with Crippen LogP contribution in [0.5, 0.6) is 0 Å². The van der Waals surface area contributed by atoms with Crippen molar-refractivity contribution in [3.8, 4) is 0 Å². The molecule has 1 heterocycles. The second-order valence-corrected chi connectivity index (χ2v) is 6.73. The highest BCUT2D eigenvalue weighted by molar-refractivity contribution is 7.98. The highest BCUT2D eigenvalue weighted by Gasteiger charge is 2.24. The van der Waals surface area contributed by atoms with E-state index >= 15 is 0 Å². The third-order valence-electron chi connectivity index (χ3n) is 3.63. The molecular weight excluding hydrogens is 388 g/mol. The maximum atomic E-state index is 12.7. The van der Waals surface area contributed by atoms with Crippen molar-refractivity contribution in [1.29, 1.82) is 0 Å². The van der Waals surface area contributed by atoms with Gasteiger partial charge < -0.3 is 15.4 Å². The maximum absolute atomic E-state index is 12.7. The number of rotatable bonds is 9. The van der Waals surface area contributed by atoms with Gasteiger partial charge in [0.25, 0.3) is 5.91 Å². The Morgan fingerprint density at radius 3 is 2.70 bits per heavy atom. The summed E-state index contributed by atoms with van der Waals surface area (Å²) in [5.41, 5.74) is 0.960. The number of ether oxygens (including phenoxy) is 1. The van der Waals surface area contributed by atoms with Gasteiger partial charge in [0.2, 0.25) is 5.91 Å². The van der Waals surface area contributed by atoms with Crippen LogP contribution in [0.25, 0.3) is 0 Å². The Labute approximate surface area is 167 Å². The summed E-state index contributed by atoms with van der Waals surface area (Å²) in [5.74, 6) is -0.833. The Morgan fingerprint density at radius 1 is 1.30 bits per heavy atom. The third kappa shape index (κ3) is 6.50. The van der Waals surface area contributed by atoms with E-state index in [4.69, 9.17) is 16.3 Å². The van der Waals surface area contributed by atoms with Gasteiger partial charge in [0, 0.05) is 20.1 Å². The van der Waals surface area contributed by atoms with Gasteiger partial charge in [-0.15, -0.1) is 0 Å². The van der Waals surface area contributed by atoms with E-state index in [0.29, 0.717) is 24.7 Å². The predicted molar refractivity (Wildman–Crippen MR) is 105 cm³/mol. The number of carbonyl (C=O) groups excluding carboxylic acids is 2. The van der Waals surface area contributed by atoms with Crippen LogP contribution in [0.15, 0.2) is 41.7 Å². The lowest BCUT2D eigenvalue weighted by atomic mass is 10.0. The molecule has 27 heavy (non-hydrogen) atoms. The van der Waals surface area contributed by atoms with Crippen LogP contribution < -0.4 is 10.6 Å². The molecule has 2 rings (SSSR count). The van der Waals surface area contributed by atoms with Gasteiger partial charge in [0.15, 0.2) is 10.9 Å². The highest BCUT2D eigenvalue weighted by atomic mass is 35.5. The Balaban J connectivity index is 2.17. The Bertz CT molecular complexity index is 776. The van der Waals surface area contributed by atoms with E-state index < -0.39 is 11.9 Å². The molecule has 0 radical (unpaired) electrons. The van der Waals surface area contributed by atoms with Gasteiger partial charge in [-0.05, 0) is 11.8 Å². The summed E-state index contributed by atoms with van der Waals surface area (Å²) in [7, 11) is 1.55. The number of thioether (sulfide) groups is 1. The minimum Gasteiger partial charge on any atom is -0.383 e. The lowest BCUT2D eigenvalue weighted by Gasteiger charge is -2.19. The molecule has 7 nitrogen and oxygen atoms in total. The molecule has 2 amide bonds. The minimum atomic E-state index is -0.777. The van der Waals surface area contributed by atoms with Crippen LogP contribution in [0.2, 0.25) is 5.02 Å². The maximum Gasteiger partial charge on any atom is 0.272 e. The molecule has 0 bridgehead atoms. The number of aromatic nitrogens is 2. The van der Waals surface area contributed by atoms with Crippen molar-refractivity contribution in [2.75, 3.05) is 26.5 Å². The molecule has 0 saturated heterocycles. The number of carbonyl (C=O) groups is 2. The molecule has 1 aromatic heterocycles. The molecule has 1 aromatic carbocycles. The monoisotopic (exact) mass is 408 g/mol. The van der Waals surface area contributed by atoms with Crippen LogP contribution in [-0.2, 0) is 16.0 Å². The smallest absolute Gasteiger partial charge is 0.272 e. The summed E-state index contributed by atoms with van der Waals surface area (Å²) >= 11 is 7.36. The highest BCUT2D eigenvalue weighted by Crippen LogP contribution is 2.17. The van der Waals surface area contributed by atoms with Crippen LogP contribution in [0, 0.1) is 0 Å². The first-order valence-electron chi connectivity index (χ1n) is 8.23. The zero-order chi connectivity index (χ0) is 19.6. The normalized spacial score (nSPS) is 11.7. The second-order valence-electron chi connectivity index (χ2n) is 5.55. The number of nitrogens with zero attached hydrogens (tertiary/aromatic N) is 2. The Hall–Kier alpha value is -2.16. The molecule has 0 fully saturated rings. The van der Waals surface area contributed by atoms with Crippen LogP contribution >= 0.6 is 23.4 Å². The zero-order valence-electron chi connectivity index (χ0n) is 15.1. The fourth-order valence-electron chi connectivity index (χ4n) is 2.29. The van der Waals surface area contributed by atoms with Crippen molar-refractivity contribution in [1.82, 2.24) is 20.6 Å². The van der Waals surface area contributed by atoms with E-state index in [2.05, 4.69) is 20.6 Å². The molecule has 0 aliphatic carbocycles. The van der Waals surface area contributed by atoms with Crippen LogP contribution in [0.3, 0.4) is 0 Å². The lowest BCUT2D eigenvalue weighted by molar-refractivity contribution is -0.123. The number of nitrogens with one attached hydrogen (secondary N) is 2. The first-order valence-corrected chi connectivity index (χ1v) is 9.83. The molecule has 1 atom stereocenters. The fourth-order valence-corrected chi connectivity index (χ4v) is 2.81. The number of methoxy groups -OCH3 is 1. The van der Waals surface area contributed by atoms with Crippen molar-refractivity contribution in [3.05, 3.63) is 52.8 Å². The van der Waals surface area contributed by atoms with Crippen molar-refractivity contribution < 1.29 is 14.3 Å². The number of hydrogen-bond acceptors (Lipinski definition) is 6. The summed E-state index contributed by atoms with van der Waals surface area (Å²) in [6, 6.07) is 8.66. The molecule has 0 unspecified atom stereocenters. The molecule has 0 aliphatic rings. The summed E-state index contributed by atoms with van der Waals surface area (Å²) in [5, 5.41) is 6.03. The molecule has 9 heteroatoms. The SMILES string of the molecule is COCCNC(=O)[C@H](Cc1ccccc1)NC(=O)c1nc(SC)ncc1Cl. The van der Waals surface area contributed by atoms with Crippen LogP contribution in [-0.4, -0.2) is 54.3 Å². The number of amides is 2. The predicted octanol–water partition coefficient (Wildman–Crippen LogP) is 1.96. The Morgan fingerprint density at radius 2 is 2.04 bits per heavy atom. The molecule has 0 spiro atoms. The lowest BCUT2D eigenvalue weighted by Crippen LogP contribution is -2.48. The van der Waals surface area contributed by atoms with E-state index in [1.54, 1.807) is 13.4 Å². The zero-order valence-corrected chi connectivity index (χ0v) is 16.6. The van der Waals surface area contributed by atoms with Crippen molar-refractivity contribution in [2.45, 2.75) is 17.6 Å². The Kier molecular flexibility index (Phi) is 8.50. The van der Waals surface area contributed by atoms with Crippen molar-refractivity contribution in [2.24, 2.45) is 0 Å². The molecule has 2 N–H and O–H groups in total. The summed E-state index contributed by atoms with van der Waals surface area (Å²) in [4.78, 5) is 33.4. The number of benzene rings is 1. The van der Waals surface area contributed by atoms with E-state index in [9.17, 15) is 9.59 Å². The van der Waals surface area contributed by atoms with E-state index in [1.807, 2.05) is 30.3 Å². The van der Waals surface area contributed by atoms with Gasteiger partial charge in [-0.1, -0.05) is 53.7 Å². The molecule has 0 aliphatic heterocycles. The van der Waals surface area contributed by atoms with E-state index in [-0.39, 0.29) is 16.6 Å². The first-order chi connectivity index (χ1) is 13.0.